The Morgan fingerprint density at radius 2 is 2.04 bits per heavy atom. The average Bonchev–Trinajstić information content (AvgIpc) is 3.25. The maximum atomic E-state index is 14.9. The van der Waals surface area contributed by atoms with Crippen molar-refractivity contribution in [1.82, 2.24) is 9.91 Å². The van der Waals surface area contributed by atoms with E-state index in [0.29, 0.717) is 12.8 Å². The molecule has 1 aromatic rings. The van der Waals surface area contributed by atoms with Crippen molar-refractivity contribution in [3.05, 3.63) is 29.6 Å². The summed E-state index contributed by atoms with van der Waals surface area (Å²) >= 11 is 0. The van der Waals surface area contributed by atoms with Crippen LogP contribution in [-0.4, -0.2) is 50.9 Å². The zero-order valence-corrected chi connectivity index (χ0v) is 14.7. The molecule has 3 saturated heterocycles. The van der Waals surface area contributed by atoms with Crippen molar-refractivity contribution in [1.29, 1.82) is 0 Å². The maximum Gasteiger partial charge on any atom is 0.408 e. The van der Waals surface area contributed by atoms with Crippen molar-refractivity contribution in [2.75, 3.05) is 13.1 Å². The van der Waals surface area contributed by atoms with Crippen molar-refractivity contribution in [3.63, 3.8) is 0 Å². The smallest absolute Gasteiger partial charge is 0.408 e. The van der Waals surface area contributed by atoms with Gasteiger partial charge in [-0.1, -0.05) is 17.4 Å². The monoisotopic (exact) mass is 362 g/mol. The van der Waals surface area contributed by atoms with Crippen molar-refractivity contribution < 1.29 is 19.4 Å². The zero-order chi connectivity index (χ0) is 18.5. The van der Waals surface area contributed by atoms with Crippen LogP contribution in [0.2, 0.25) is 0 Å². The van der Waals surface area contributed by atoms with Crippen molar-refractivity contribution in [2.24, 2.45) is 16.3 Å². The summed E-state index contributed by atoms with van der Waals surface area (Å²) in [4.78, 5) is 13.0. The first-order valence-corrected chi connectivity index (χ1v) is 9.06. The number of nitrogens with zero attached hydrogens (tertiary/aromatic N) is 4. The molecule has 0 aromatic heterocycles. The normalized spacial score (nSPS) is 31.5. The molecule has 26 heavy (non-hydrogen) atoms. The quantitative estimate of drug-likeness (QED) is 0.803. The Morgan fingerprint density at radius 1 is 1.35 bits per heavy atom. The Morgan fingerprint density at radius 3 is 2.69 bits per heavy atom. The molecule has 0 radical (unpaired) electrons. The molecule has 1 aromatic carbocycles. The number of amides is 1. The topological polar surface area (TPSA) is 88.7 Å². The highest BCUT2D eigenvalue weighted by molar-refractivity contribution is 5.68. The summed E-state index contributed by atoms with van der Waals surface area (Å²) in [5.74, 6) is -0.581. The molecule has 1 aliphatic carbocycles. The SMILES string of the molecule is CC12CC(C1)C(C(O)c1cccc(/N=N/N3CCCC3)c1F)N2C(=O)O. The van der Waals surface area contributed by atoms with Gasteiger partial charge in [-0.2, -0.15) is 0 Å². The predicted octanol–water partition coefficient (Wildman–Crippen LogP) is 3.48. The summed E-state index contributed by atoms with van der Waals surface area (Å²) in [5.41, 5.74) is -0.312. The maximum absolute atomic E-state index is 14.9. The molecule has 1 amide bonds. The van der Waals surface area contributed by atoms with Crippen LogP contribution in [0.25, 0.3) is 0 Å². The molecule has 0 spiro atoms. The number of carboxylic acid groups (broad SMARTS) is 1. The van der Waals surface area contributed by atoms with Gasteiger partial charge in [0.25, 0.3) is 0 Å². The van der Waals surface area contributed by atoms with Crippen LogP contribution >= 0.6 is 0 Å². The molecule has 3 aliphatic heterocycles. The van der Waals surface area contributed by atoms with Crippen LogP contribution in [0.15, 0.2) is 28.5 Å². The lowest BCUT2D eigenvalue weighted by Gasteiger charge is -2.37. The fourth-order valence-corrected chi connectivity index (χ4v) is 4.76. The van der Waals surface area contributed by atoms with E-state index in [1.54, 1.807) is 11.1 Å². The van der Waals surface area contributed by atoms with E-state index in [2.05, 4.69) is 10.3 Å². The predicted molar refractivity (Wildman–Crippen MR) is 91.5 cm³/mol. The van der Waals surface area contributed by atoms with Gasteiger partial charge in [-0.05, 0) is 44.6 Å². The summed E-state index contributed by atoms with van der Waals surface area (Å²) in [6.07, 6.45) is 1.22. The summed E-state index contributed by atoms with van der Waals surface area (Å²) in [7, 11) is 0. The third-order valence-electron chi connectivity index (χ3n) is 5.98. The van der Waals surface area contributed by atoms with Gasteiger partial charge in [-0.25, -0.2) is 9.18 Å². The van der Waals surface area contributed by atoms with Gasteiger partial charge in [0, 0.05) is 24.2 Å². The van der Waals surface area contributed by atoms with Gasteiger partial charge in [0.1, 0.15) is 11.8 Å². The first kappa shape index (κ1) is 17.2. The zero-order valence-electron chi connectivity index (χ0n) is 14.7. The molecule has 2 atom stereocenters. The van der Waals surface area contributed by atoms with Crippen molar-refractivity contribution >= 4 is 11.8 Å². The summed E-state index contributed by atoms with van der Waals surface area (Å²) in [5, 5.41) is 30.2. The Kier molecular flexibility index (Phi) is 4.10. The molecule has 7 nitrogen and oxygen atoms in total. The lowest BCUT2D eigenvalue weighted by Crippen LogP contribution is -2.47. The van der Waals surface area contributed by atoms with Crippen LogP contribution in [0.1, 0.15) is 44.3 Å². The van der Waals surface area contributed by atoms with Gasteiger partial charge in [0.15, 0.2) is 5.82 Å². The number of fused-ring (bicyclic) bond motifs is 1. The van der Waals surface area contributed by atoms with Gasteiger partial charge < -0.3 is 10.2 Å². The molecule has 8 heteroatoms. The molecule has 4 aliphatic rings. The fraction of sp³-hybridized carbons (Fsp3) is 0.611. The number of rotatable bonds is 4. The second kappa shape index (κ2) is 6.19. The summed E-state index contributed by atoms with van der Waals surface area (Å²) < 4.78 is 14.9. The van der Waals surface area contributed by atoms with E-state index < -0.39 is 29.6 Å². The van der Waals surface area contributed by atoms with E-state index in [1.165, 1.54) is 17.0 Å². The highest BCUT2D eigenvalue weighted by Gasteiger charge is 2.63. The van der Waals surface area contributed by atoms with E-state index in [1.807, 2.05) is 6.92 Å². The van der Waals surface area contributed by atoms with Gasteiger partial charge in [0.05, 0.1) is 6.04 Å². The number of hydrogen-bond donors (Lipinski definition) is 2. The van der Waals surface area contributed by atoms with Crippen LogP contribution in [-0.2, 0) is 0 Å². The molecular weight excluding hydrogens is 339 g/mol. The van der Waals surface area contributed by atoms with E-state index in [-0.39, 0.29) is 17.2 Å². The number of aliphatic hydroxyl groups excluding tert-OH is 1. The average molecular weight is 362 g/mol. The number of halogens is 1. The standard InChI is InChI=1S/C18H23FN4O3/c1-18-9-11(10-18)15(23(18)17(25)26)16(24)12-5-4-6-13(14(12)19)20-21-22-7-2-3-8-22/h4-6,11,15-16,24H,2-3,7-10H2,1H3,(H,25,26)/b21-20+. The molecule has 140 valence electrons. The van der Waals surface area contributed by atoms with Crippen LogP contribution in [0.3, 0.4) is 0 Å². The molecule has 1 saturated carbocycles. The van der Waals surface area contributed by atoms with Crippen molar-refractivity contribution in [2.45, 2.75) is 50.3 Å². The van der Waals surface area contributed by atoms with Crippen molar-refractivity contribution in [3.8, 4) is 0 Å². The minimum atomic E-state index is -1.22. The fourth-order valence-electron chi connectivity index (χ4n) is 4.76. The second-order valence-electron chi connectivity index (χ2n) is 7.78. The molecule has 3 heterocycles. The largest absolute Gasteiger partial charge is 0.465 e. The first-order chi connectivity index (χ1) is 12.4. The van der Waals surface area contributed by atoms with Gasteiger partial charge >= 0.3 is 6.09 Å². The van der Waals surface area contributed by atoms with E-state index in [9.17, 15) is 19.4 Å². The molecule has 2 bridgehead atoms. The van der Waals surface area contributed by atoms with Crippen LogP contribution in [0.4, 0.5) is 14.9 Å². The highest BCUT2D eigenvalue weighted by atomic mass is 19.1. The summed E-state index contributed by atoms with van der Waals surface area (Å²) in [6.45, 7) is 3.49. The Balaban J connectivity index is 1.59. The second-order valence-corrected chi connectivity index (χ2v) is 7.78. The number of aliphatic hydroxyl groups is 1. The van der Waals surface area contributed by atoms with Crippen LogP contribution < -0.4 is 0 Å². The van der Waals surface area contributed by atoms with Gasteiger partial charge in [0.2, 0.25) is 0 Å². The van der Waals surface area contributed by atoms with Gasteiger partial charge in [-0.15, -0.1) is 5.11 Å². The van der Waals surface area contributed by atoms with E-state index >= 15 is 0 Å². The molecule has 4 fully saturated rings. The number of hydrogen-bond acceptors (Lipinski definition) is 4. The van der Waals surface area contributed by atoms with E-state index in [4.69, 9.17) is 0 Å². The minimum absolute atomic E-state index is 0.0559. The number of benzene rings is 1. The first-order valence-electron chi connectivity index (χ1n) is 9.06. The third kappa shape index (κ3) is 2.63. The molecule has 2 N–H and O–H groups in total. The molecule has 5 rings (SSSR count). The number of carbonyl (C=O) groups is 1. The van der Waals surface area contributed by atoms with Gasteiger partial charge in [-0.3, -0.25) is 9.91 Å². The third-order valence-corrected chi connectivity index (χ3v) is 5.98. The lowest BCUT2D eigenvalue weighted by atomic mass is 9.72. The lowest BCUT2D eigenvalue weighted by molar-refractivity contribution is 0.0499. The van der Waals surface area contributed by atoms with E-state index in [0.717, 1.165) is 25.9 Å². The Bertz CT molecular complexity index is 744. The molecular formula is C18H23FN4O3. The molecule has 2 unspecified atom stereocenters. The van der Waals surface area contributed by atoms with Crippen LogP contribution in [0.5, 0.6) is 0 Å². The highest BCUT2D eigenvalue weighted by Crippen LogP contribution is 2.57. The van der Waals surface area contributed by atoms with Crippen LogP contribution in [0, 0.1) is 11.7 Å². The minimum Gasteiger partial charge on any atom is -0.465 e. The summed E-state index contributed by atoms with van der Waals surface area (Å²) in [6, 6.07) is 3.99. The Labute approximate surface area is 151 Å². The Hall–Kier alpha value is -2.22.